The molecule has 0 amide bonds. The maximum atomic E-state index is 12.1. The van der Waals surface area contributed by atoms with Gasteiger partial charge in [0.05, 0.1) is 43.5 Å². The van der Waals surface area contributed by atoms with Crippen molar-refractivity contribution in [3.63, 3.8) is 0 Å². The third-order valence-electron chi connectivity index (χ3n) is 4.90. The lowest BCUT2D eigenvalue weighted by Crippen LogP contribution is -2.41. The zero-order valence-corrected chi connectivity index (χ0v) is 16.3. The highest BCUT2D eigenvalue weighted by Crippen LogP contribution is 2.34. The van der Waals surface area contributed by atoms with E-state index in [-0.39, 0.29) is 0 Å². The molecule has 2 aromatic heterocycles. The molecule has 1 aromatic carbocycles. The van der Waals surface area contributed by atoms with E-state index in [9.17, 15) is 4.79 Å². The van der Waals surface area contributed by atoms with Gasteiger partial charge >= 0.3 is 5.97 Å². The number of nitrogens with one attached hydrogen (secondary N) is 2. The standard InChI is InChI=1S/C20H22ClN3O4/c1-26-20(25)12-7-14-15-10-23-18(21)9-16(15)24-19(14)17(8-12)28-5-2-3-13-11-27-6-4-22-13/h7-10,13,22,24H,2-6,11H2,1H3. The first-order valence-corrected chi connectivity index (χ1v) is 9.66. The highest BCUT2D eigenvalue weighted by molar-refractivity contribution is 6.30. The third kappa shape index (κ3) is 3.92. The van der Waals surface area contributed by atoms with Crippen molar-refractivity contribution in [3.05, 3.63) is 35.1 Å². The van der Waals surface area contributed by atoms with Gasteiger partial charge < -0.3 is 24.5 Å². The topological polar surface area (TPSA) is 85.5 Å². The smallest absolute Gasteiger partial charge is 0.338 e. The number of morpholine rings is 1. The van der Waals surface area contributed by atoms with Crippen LogP contribution in [0.1, 0.15) is 23.2 Å². The molecule has 8 heteroatoms. The summed E-state index contributed by atoms with van der Waals surface area (Å²) in [6, 6.07) is 5.61. The third-order valence-corrected chi connectivity index (χ3v) is 5.10. The number of hydrogen-bond acceptors (Lipinski definition) is 6. The molecule has 2 N–H and O–H groups in total. The first-order chi connectivity index (χ1) is 13.7. The molecule has 1 fully saturated rings. The first-order valence-electron chi connectivity index (χ1n) is 9.29. The molecule has 1 saturated heterocycles. The lowest BCUT2D eigenvalue weighted by molar-refractivity contribution is 0.0600. The summed E-state index contributed by atoms with van der Waals surface area (Å²) < 4.78 is 16.4. The van der Waals surface area contributed by atoms with Crippen LogP contribution in [0.5, 0.6) is 5.75 Å². The molecule has 1 aliphatic heterocycles. The van der Waals surface area contributed by atoms with Gasteiger partial charge in [0.2, 0.25) is 0 Å². The number of benzene rings is 1. The average molecular weight is 404 g/mol. The lowest BCUT2D eigenvalue weighted by Gasteiger charge is -2.23. The van der Waals surface area contributed by atoms with Crippen molar-refractivity contribution >= 4 is 39.4 Å². The second-order valence-corrected chi connectivity index (χ2v) is 7.17. The van der Waals surface area contributed by atoms with E-state index in [1.54, 1.807) is 24.4 Å². The maximum absolute atomic E-state index is 12.1. The van der Waals surface area contributed by atoms with Crippen molar-refractivity contribution in [2.75, 3.05) is 33.5 Å². The molecule has 148 valence electrons. The van der Waals surface area contributed by atoms with Gasteiger partial charge in [-0.1, -0.05) is 11.6 Å². The molecule has 3 aromatic rings. The molecule has 1 aliphatic rings. The van der Waals surface area contributed by atoms with Crippen LogP contribution in [0.4, 0.5) is 0 Å². The van der Waals surface area contributed by atoms with Crippen molar-refractivity contribution < 1.29 is 19.0 Å². The summed E-state index contributed by atoms with van der Waals surface area (Å²) >= 11 is 6.01. The van der Waals surface area contributed by atoms with Crippen LogP contribution in [0.2, 0.25) is 5.15 Å². The predicted octanol–water partition coefficient (Wildman–Crippen LogP) is 3.30. The number of carbonyl (C=O) groups excluding carboxylic acids is 1. The number of hydrogen-bond donors (Lipinski definition) is 2. The number of fused-ring (bicyclic) bond motifs is 3. The second kappa shape index (κ2) is 8.34. The Morgan fingerprint density at radius 3 is 3.04 bits per heavy atom. The molecule has 0 bridgehead atoms. The van der Waals surface area contributed by atoms with Gasteiger partial charge in [0.15, 0.2) is 0 Å². The van der Waals surface area contributed by atoms with Crippen molar-refractivity contribution in [3.8, 4) is 5.75 Å². The molecule has 0 radical (unpaired) electrons. The number of H-pyrrole nitrogens is 1. The number of rotatable bonds is 6. The van der Waals surface area contributed by atoms with Crippen molar-refractivity contribution in [2.45, 2.75) is 18.9 Å². The first kappa shape index (κ1) is 19.0. The number of carbonyl (C=O) groups is 1. The van der Waals surface area contributed by atoms with Gasteiger partial charge in [0.25, 0.3) is 0 Å². The van der Waals surface area contributed by atoms with Crippen molar-refractivity contribution in [2.24, 2.45) is 0 Å². The van der Waals surface area contributed by atoms with Gasteiger partial charge in [-0.15, -0.1) is 0 Å². The van der Waals surface area contributed by atoms with Crippen LogP contribution < -0.4 is 10.1 Å². The second-order valence-electron chi connectivity index (χ2n) is 6.78. The van der Waals surface area contributed by atoms with Crippen LogP contribution in [-0.4, -0.2) is 55.5 Å². The maximum Gasteiger partial charge on any atom is 0.338 e. The lowest BCUT2D eigenvalue weighted by atomic mass is 10.1. The number of pyridine rings is 1. The Hall–Kier alpha value is -2.35. The fraction of sp³-hybridized carbons (Fsp3) is 0.400. The Kier molecular flexibility index (Phi) is 5.66. The Morgan fingerprint density at radius 2 is 2.25 bits per heavy atom. The van der Waals surface area contributed by atoms with Crippen LogP contribution in [0.3, 0.4) is 0 Å². The summed E-state index contributed by atoms with van der Waals surface area (Å²) in [5.41, 5.74) is 2.08. The predicted molar refractivity (Wildman–Crippen MR) is 107 cm³/mol. The zero-order chi connectivity index (χ0) is 19.5. The summed E-state index contributed by atoms with van der Waals surface area (Å²) in [5.74, 6) is 0.199. The molecule has 28 heavy (non-hydrogen) atoms. The highest BCUT2D eigenvalue weighted by atomic mass is 35.5. The molecule has 0 saturated carbocycles. The van der Waals surface area contributed by atoms with Crippen LogP contribution in [0, 0.1) is 0 Å². The van der Waals surface area contributed by atoms with E-state index in [0.29, 0.717) is 29.1 Å². The largest absolute Gasteiger partial charge is 0.491 e. The van der Waals surface area contributed by atoms with E-state index in [1.165, 1.54) is 7.11 Å². The van der Waals surface area contributed by atoms with Crippen LogP contribution >= 0.6 is 11.6 Å². The van der Waals surface area contributed by atoms with E-state index in [1.807, 2.05) is 0 Å². The molecular formula is C20H22ClN3O4. The van der Waals surface area contributed by atoms with Gasteiger partial charge in [-0.25, -0.2) is 9.78 Å². The van der Waals surface area contributed by atoms with E-state index in [4.69, 9.17) is 25.8 Å². The molecule has 0 aliphatic carbocycles. The zero-order valence-electron chi connectivity index (χ0n) is 15.6. The van der Waals surface area contributed by atoms with Crippen molar-refractivity contribution in [1.29, 1.82) is 0 Å². The van der Waals surface area contributed by atoms with E-state index < -0.39 is 5.97 Å². The Balaban J connectivity index is 1.59. The molecule has 3 heterocycles. The number of ether oxygens (including phenoxy) is 3. The summed E-state index contributed by atoms with van der Waals surface area (Å²) in [6.07, 6.45) is 3.53. The van der Waals surface area contributed by atoms with Gasteiger partial charge in [-0.3, -0.25) is 0 Å². The monoisotopic (exact) mass is 403 g/mol. The average Bonchev–Trinajstić information content (AvgIpc) is 3.08. The summed E-state index contributed by atoms with van der Waals surface area (Å²) in [4.78, 5) is 19.6. The van der Waals surface area contributed by atoms with Crippen LogP contribution in [0.15, 0.2) is 24.4 Å². The molecule has 1 unspecified atom stereocenters. The SMILES string of the molecule is COC(=O)c1cc(OCCCC2COCCN2)c2[nH]c3cc(Cl)ncc3c2c1. The van der Waals surface area contributed by atoms with Crippen LogP contribution in [0.25, 0.3) is 21.8 Å². The number of esters is 1. The number of halogens is 1. The minimum absolute atomic E-state index is 0.361. The molecule has 0 spiro atoms. The quantitative estimate of drug-likeness (QED) is 0.373. The minimum atomic E-state index is -0.411. The fourth-order valence-corrected chi connectivity index (χ4v) is 3.66. The molecular weight excluding hydrogens is 382 g/mol. The number of nitrogens with zero attached hydrogens (tertiary/aromatic N) is 1. The summed E-state index contributed by atoms with van der Waals surface area (Å²) in [5, 5.41) is 5.55. The minimum Gasteiger partial charge on any atom is -0.491 e. The Morgan fingerprint density at radius 1 is 1.36 bits per heavy atom. The fourth-order valence-electron chi connectivity index (χ4n) is 3.51. The number of methoxy groups -OCH3 is 1. The van der Waals surface area contributed by atoms with Gasteiger partial charge in [0, 0.05) is 29.6 Å². The van der Waals surface area contributed by atoms with Gasteiger partial charge in [-0.2, -0.15) is 0 Å². The van der Waals surface area contributed by atoms with Gasteiger partial charge in [-0.05, 0) is 31.0 Å². The molecule has 1 atom stereocenters. The van der Waals surface area contributed by atoms with Crippen LogP contribution in [-0.2, 0) is 9.47 Å². The number of aromatic nitrogens is 2. The van der Waals surface area contributed by atoms with E-state index in [2.05, 4.69) is 15.3 Å². The highest BCUT2D eigenvalue weighted by Gasteiger charge is 2.17. The van der Waals surface area contributed by atoms with Gasteiger partial charge in [0.1, 0.15) is 10.9 Å². The van der Waals surface area contributed by atoms with E-state index >= 15 is 0 Å². The van der Waals surface area contributed by atoms with E-state index in [0.717, 1.165) is 54.4 Å². The summed E-state index contributed by atoms with van der Waals surface area (Å²) in [6.45, 7) is 2.92. The summed E-state index contributed by atoms with van der Waals surface area (Å²) in [7, 11) is 1.36. The number of aromatic amines is 1. The normalized spacial score (nSPS) is 17.1. The van der Waals surface area contributed by atoms with Crippen molar-refractivity contribution in [1.82, 2.24) is 15.3 Å². The Bertz CT molecular complexity index is 998. The molecule has 7 nitrogen and oxygen atoms in total. The molecule has 4 rings (SSSR count). The Labute approximate surface area is 167 Å².